The fourth-order valence-electron chi connectivity index (χ4n) is 2.08. The third-order valence-corrected chi connectivity index (χ3v) is 4.52. The molecule has 0 radical (unpaired) electrons. The van der Waals surface area contributed by atoms with Crippen molar-refractivity contribution < 1.29 is 4.79 Å². The summed E-state index contributed by atoms with van der Waals surface area (Å²) in [5.41, 5.74) is 7.16. The monoisotopic (exact) mass is 288 g/mol. The van der Waals surface area contributed by atoms with Crippen molar-refractivity contribution in [2.75, 3.05) is 0 Å². The Morgan fingerprint density at radius 2 is 1.85 bits per heavy atom. The van der Waals surface area contributed by atoms with Gasteiger partial charge in [0.15, 0.2) is 0 Å². The predicted molar refractivity (Wildman–Crippen MR) is 83.4 cm³/mol. The Labute approximate surface area is 123 Å². The van der Waals surface area contributed by atoms with Gasteiger partial charge in [-0.25, -0.2) is 0 Å². The van der Waals surface area contributed by atoms with Crippen LogP contribution in [-0.2, 0) is 4.79 Å². The zero-order valence-electron chi connectivity index (χ0n) is 11.7. The highest BCUT2D eigenvalue weighted by atomic mass is 32.1. The Hall–Kier alpha value is -1.65. The fourth-order valence-corrected chi connectivity index (χ4v) is 2.82. The molecular formula is C16H20N2OS. The van der Waals surface area contributed by atoms with E-state index in [0.29, 0.717) is 0 Å². The second-order valence-electron chi connectivity index (χ2n) is 4.97. The van der Waals surface area contributed by atoms with Crippen LogP contribution in [0.3, 0.4) is 0 Å². The van der Waals surface area contributed by atoms with E-state index in [4.69, 9.17) is 5.73 Å². The molecule has 0 aliphatic carbocycles. The minimum absolute atomic E-state index is 0.0118. The van der Waals surface area contributed by atoms with E-state index < -0.39 is 0 Å². The molecule has 2 rings (SSSR count). The van der Waals surface area contributed by atoms with Crippen molar-refractivity contribution in [1.82, 2.24) is 5.32 Å². The van der Waals surface area contributed by atoms with E-state index in [1.54, 1.807) is 11.3 Å². The molecule has 4 heteroatoms. The maximum atomic E-state index is 12.3. The van der Waals surface area contributed by atoms with Gasteiger partial charge < -0.3 is 11.1 Å². The topological polar surface area (TPSA) is 55.1 Å². The molecule has 2 unspecified atom stereocenters. The van der Waals surface area contributed by atoms with Crippen molar-refractivity contribution in [2.24, 2.45) is 11.7 Å². The molecule has 1 aromatic carbocycles. The molecule has 0 fully saturated rings. The van der Waals surface area contributed by atoms with Crippen molar-refractivity contribution >= 4 is 17.2 Å². The minimum Gasteiger partial charge on any atom is -0.348 e. The van der Waals surface area contributed by atoms with Crippen LogP contribution in [0.25, 0.3) is 0 Å². The summed E-state index contributed by atoms with van der Waals surface area (Å²) in [6.45, 7) is 3.86. The van der Waals surface area contributed by atoms with Gasteiger partial charge in [0.2, 0.25) is 5.91 Å². The van der Waals surface area contributed by atoms with Gasteiger partial charge >= 0.3 is 0 Å². The van der Waals surface area contributed by atoms with Crippen LogP contribution in [0, 0.1) is 5.92 Å². The standard InChI is InChI=1S/C16H20N2OS/c1-11(15(17)13-7-4-3-5-8-13)16(19)18-12(2)14-9-6-10-20-14/h3-12,15H,17H2,1-2H3,(H,18,19)/t11?,12-,15?/m0/s1. The molecule has 0 saturated heterocycles. The number of carbonyl (C=O) groups is 1. The summed E-state index contributed by atoms with van der Waals surface area (Å²) in [5.74, 6) is -0.276. The molecule has 3 N–H and O–H groups in total. The first-order valence-corrected chi connectivity index (χ1v) is 7.62. The van der Waals surface area contributed by atoms with E-state index in [1.807, 2.05) is 61.7 Å². The zero-order chi connectivity index (χ0) is 14.5. The first-order valence-electron chi connectivity index (χ1n) is 6.74. The van der Waals surface area contributed by atoms with Gasteiger partial charge in [-0.1, -0.05) is 43.3 Å². The smallest absolute Gasteiger partial charge is 0.225 e. The number of nitrogens with two attached hydrogens (primary N) is 1. The van der Waals surface area contributed by atoms with E-state index in [2.05, 4.69) is 5.32 Å². The van der Waals surface area contributed by atoms with Crippen molar-refractivity contribution in [2.45, 2.75) is 25.9 Å². The molecule has 0 spiro atoms. The molecule has 3 atom stereocenters. The van der Waals surface area contributed by atoms with Gasteiger partial charge in [0.25, 0.3) is 0 Å². The predicted octanol–water partition coefficient (Wildman–Crippen LogP) is 3.26. The van der Waals surface area contributed by atoms with Crippen molar-refractivity contribution in [3.63, 3.8) is 0 Å². The molecule has 0 aliphatic rings. The first-order chi connectivity index (χ1) is 9.59. The van der Waals surface area contributed by atoms with Crippen molar-refractivity contribution in [1.29, 1.82) is 0 Å². The van der Waals surface area contributed by atoms with Gasteiger partial charge in [-0.3, -0.25) is 4.79 Å². The van der Waals surface area contributed by atoms with E-state index in [0.717, 1.165) is 10.4 Å². The quantitative estimate of drug-likeness (QED) is 0.887. The molecule has 1 aromatic heterocycles. The van der Waals surface area contributed by atoms with Crippen LogP contribution in [0.1, 0.15) is 36.4 Å². The summed E-state index contributed by atoms with van der Waals surface area (Å²) < 4.78 is 0. The Morgan fingerprint density at radius 1 is 1.15 bits per heavy atom. The van der Waals surface area contributed by atoms with Gasteiger partial charge in [0.05, 0.1) is 12.0 Å². The van der Waals surface area contributed by atoms with Gasteiger partial charge in [0.1, 0.15) is 0 Å². The van der Waals surface area contributed by atoms with Crippen LogP contribution < -0.4 is 11.1 Å². The van der Waals surface area contributed by atoms with Crippen molar-refractivity contribution in [3.05, 3.63) is 58.3 Å². The molecule has 3 nitrogen and oxygen atoms in total. The van der Waals surface area contributed by atoms with E-state index in [9.17, 15) is 4.79 Å². The Morgan fingerprint density at radius 3 is 2.45 bits per heavy atom. The van der Waals surface area contributed by atoms with Crippen LogP contribution in [0.15, 0.2) is 47.8 Å². The van der Waals surface area contributed by atoms with Gasteiger partial charge in [-0.2, -0.15) is 0 Å². The highest BCUT2D eigenvalue weighted by Crippen LogP contribution is 2.22. The maximum Gasteiger partial charge on any atom is 0.225 e. The van der Waals surface area contributed by atoms with Crippen molar-refractivity contribution in [3.8, 4) is 0 Å². The van der Waals surface area contributed by atoms with Gasteiger partial charge in [0, 0.05) is 10.9 Å². The van der Waals surface area contributed by atoms with Gasteiger partial charge in [-0.15, -0.1) is 11.3 Å². The number of thiophene rings is 1. The molecular weight excluding hydrogens is 268 g/mol. The summed E-state index contributed by atoms with van der Waals surface area (Å²) in [6.07, 6.45) is 0. The lowest BCUT2D eigenvalue weighted by Crippen LogP contribution is -2.36. The highest BCUT2D eigenvalue weighted by molar-refractivity contribution is 7.10. The first kappa shape index (κ1) is 14.8. The lowest BCUT2D eigenvalue weighted by atomic mass is 9.94. The molecule has 0 bridgehead atoms. The van der Waals surface area contributed by atoms with Crippen LogP contribution in [0.5, 0.6) is 0 Å². The molecule has 0 saturated carbocycles. The summed E-state index contributed by atoms with van der Waals surface area (Å²) in [6, 6.07) is 13.5. The van der Waals surface area contributed by atoms with E-state index in [-0.39, 0.29) is 23.9 Å². The average Bonchev–Trinajstić information content (AvgIpc) is 3.01. The molecule has 0 aliphatic heterocycles. The molecule has 1 amide bonds. The highest BCUT2D eigenvalue weighted by Gasteiger charge is 2.23. The average molecular weight is 288 g/mol. The number of amides is 1. The number of carbonyl (C=O) groups excluding carboxylic acids is 1. The van der Waals surface area contributed by atoms with Gasteiger partial charge in [-0.05, 0) is 23.9 Å². The normalized spacial score (nSPS) is 15.3. The third kappa shape index (κ3) is 3.46. The molecule has 20 heavy (non-hydrogen) atoms. The SMILES string of the molecule is CC(C(=O)N[C@@H](C)c1cccs1)C(N)c1ccccc1. The summed E-state index contributed by atoms with van der Waals surface area (Å²) >= 11 is 1.64. The summed E-state index contributed by atoms with van der Waals surface area (Å²) in [5, 5.41) is 5.04. The zero-order valence-corrected chi connectivity index (χ0v) is 12.6. The van der Waals surface area contributed by atoms with E-state index >= 15 is 0 Å². The molecule has 2 aromatic rings. The summed E-state index contributed by atoms with van der Waals surface area (Å²) in [7, 11) is 0. The fraction of sp³-hybridized carbons (Fsp3) is 0.312. The molecule has 1 heterocycles. The number of nitrogens with one attached hydrogen (secondary N) is 1. The number of hydrogen-bond acceptors (Lipinski definition) is 3. The largest absolute Gasteiger partial charge is 0.348 e. The van der Waals surface area contributed by atoms with Crippen LogP contribution >= 0.6 is 11.3 Å². The third-order valence-electron chi connectivity index (χ3n) is 3.47. The Balaban J connectivity index is 1.98. The lowest BCUT2D eigenvalue weighted by Gasteiger charge is -2.22. The number of benzene rings is 1. The molecule has 106 valence electrons. The van der Waals surface area contributed by atoms with E-state index in [1.165, 1.54) is 0 Å². The second kappa shape index (κ2) is 6.68. The number of hydrogen-bond donors (Lipinski definition) is 2. The Kier molecular flexibility index (Phi) is 4.93. The lowest BCUT2D eigenvalue weighted by molar-refractivity contribution is -0.125. The summed E-state index contributed by atoms with van der Waals surface area (Å²) in [4.78, 5) is 13.4. The Bertz CT molecular complexity index is 539. The van der Waals surface area contributed by atoms with Crippen LogP contribution in [0.2, 0.25) is 0 Å². The number of rotatable bonds is 5. The second-order valence-corrected chi connectivity index (χ2v) is 5.95. The minimum atomic E-state index is -0.285. The van der Waals surface area contributed by atoms with Crippen LogP contribution in [0.4, 0.5) is 0 Å². The maximum absolute atomic E-state index is 12.3. The van der Waals surface area contributed by atoms with Crippen LogP contribution in [-0.4, -0.2) is 5.91 Å².